The third-order valence-corrected chi connectivity index (χ3v) is 6.96. The molecule has 2 aromatic carbocycles. The molecule has 0 aliphatic carbocycles. The summed E-state index contributed by atoms with van der Waals surface area (Å²) in [6, 6.07) is 14.0. The van der Waals surface area contributed by atoms with Crippen LogP contribution in [0.2, 0.25) is 0 Å². The Hall–Kier alpha value is -2.87. The van der Waals surface area contributed by atoms with Gasteiger partial charge in [0.15, 0.2) is 0 Å². The molecule has 186 valence electrons. The Morgan fingerprint density at radius 3 is 2.12 bits per heavy atom. The third-order valence-electron chi connectivity index (χ3n) is 5.82. The molecule has 2 aromatic rings. The molecule has 8 heteroatoms. The van der Waals surface area contributed by atoms with Gasteiger partial charge in [-0.15, -0.1) is 0 Å². The molecule has 0 heterocycles. The second-order valence-electron chi connectivity index (χ2n) is 9.59. The summed E-state index contributed by atoms with van der Waals surface area (Å²) in [6.07, 6.45) is 1.08. The molecule has 34 heavy (non-hydrogen) atoms. The maximum absolute atomic E-state index is 13.5. The van der Waals surface area contributed by atoms with Crippen LogP contribution in [0.4, 0.5) is 5.69 Å². The molecule has 0 unspecified atom stereocenters. The predicted octanol–water partition coefficient (Wildman–Crippen LogP) is 3.61. The highest BCUT2D eigenvalue weighted by atomic mass is 32.2. The van der Waals surface area contributed by atoms with Crippen LogP contribution in [-0.4, -0.2) is 50.5 Å². The van der Waals surface area contributed by atoms with Gasteiger partial charge in [0.25, 0.3) is 0 Å². The molecule has 0 fully saturated rings. The van der Waals surface area contributed by atoms with Crippen molar-refractivity contribution in [2.45, 2.75) is 59.5 Å². The van der Waals surface area contributed by atoms with Crippen molar-refractivity contribution >= 4 is 27.5 Å². The molecule has 0 bridgehead atoms. The largest absolute Gasteiger partial charge is 0.355 e. The predicted molar refractivity (Wildman–Crippen MR) is 137 cm³/mol. The van der Waals surface area contributed by atoms with E-state index in [1.807, 2.05) is 50.2 Å². The van der Waals surface area contributed by atoms with Crippen molar-refractivity contribution in [2.75, 3.05) is 23.7 Å². The van der Waals surface area contributed by atoms with Crippen LogP contribution in [0.15, 0.2) is 48.5 Å². The molecule has 2 rings (SSSR count). The minimum Gasteiger partial charge on any atom is -0.355 e. The van der Waals surface area contributed by atoms with E-state index < -0.39 is 28.5 Å². The Morgan fingerprint density at radius 2 is 1.62 bits per heavy atom. The topological polar surface area (TPSA) is 86.8 Å². The molecular weight excluding hydrogens is 450 g/mol. The highest BCUT2D eigenvalue weighted by molar-refractivity contribution is 7.92. The van der Waals surface area contributed by atoms with Gasteiger partial charge >= 0.3 is 0 Å². The maximum Gasteiger partial charge on any atom is 0.244 e. The monoisotopic (exact) mass is 487 g/mol. The molecule has 0 aromatic heterocycles. The zero-order valence-corrected chi connectivity index (χ0v) is 22.1. The van der Waals surface area contributed by atoms with Crippen LogP contribution in [-0.2, 0) is 31.6 Å². The number of nitrogens with one attached hydrogen (secondary N) is 1. The highest BCUT2D eigenvalue weighted by Crippen LogP contribution is 2.26. The maximum atomic E-state index is 13.5. The first-order valence-corrected chi connectivity index (χ1v) is 13.3. The zero-order chi connectivity index (χ0) is 25.7. The van der Waals surface area contributed by atoms with Crippen LogP contribution in [0, 0.1) is 6.92 Å². The number of carbonyl (C=O) groups is 2. The van der Waals surface area contributed by atoms with Gasteiger partial charge in [0, 0.05) is 13.1 Å². The fourth-order valence-corrected chi connectivity index (χ4v) is 4.47. The van der Waals surface area contributed by atoms with Crippen molar-refractivity contribution in [1.29, 1.82) is 0 Å². The number of amides is 2. The fourth-order valence-electron chi connectivity index (χ4n) is 3.62. The van der Waals surface area contributed by atoms with E-state index in [0.717, 1.165) is 27.3 Å². The second-order valence-corrected chi connectivity index (χ2v) is 11.5. The van der Waals surface area contributed by atoms with E-state index >= 15 is 0 Å². The molecule has 0 radical (unpaired) electrons. The van der Waals surface area contributed by atoms with Gasteiger partial charge < -0.3 is 10.2 Å². The van der Waals surface area contributed by atoms with Gasteiger partial charge in [-0.05, 0) is 55.0 Å². The van der Waals surface area contributed by atoms with Crippen LogP contribution in [0.1, 0.15) is 51.3 Å². The molecule has 1 N–H and O–H groups in total. The van der Waals surface area contributed by atoms with E-state index in [9.17, 15) is 18.0 Å². The van der Waals surface area contributed by atoms with Gasteiger partial charge in [0.1, 0.15) is 12.6 Å². The first-order chi connectivity index (χ1) is 15.8. The number of rotatable bonds is 9. The summed E-state index contributed by atoms with van der Waals surface area (Å²) in [5.74, 6) is -0.739. The van der Waals surface area contributed by atoms with Crippen LogP contribution < -0.4 is 9.62 Å². The van der Waals surface area contributed by atoms with Gasteiger partial charge in [-0.3, -0.25) is 13.9 Å². The fraction of sp³-hybridized carbons (Fsp3) is 0.462. The smallest absolute Gasteiger partial charge is 0.244 e. The van der Waals surface area contributed by atoms with Crippen LogP contribution in [0.3, 0.4) is 0 Å². The normalized spacial score (nSPS) is 12.7. The Kier molecular flexibility index (Phi) is 8.89. The Morgan fingerprint density at radius 1 is 1.03 bits per heavy atom. The molecule has 0 saturated carbocycles. The molecule has 1 atom stereocenters. The van der Waals surface area contributed by atoms with Crippen molar-refractivity contribution in [3.8, 4) is 0 Å². The summed E-state index contributed by atoms with van der Waals surface area (Å²) in [5.41, 5.74) is 3.26. The molecule has 7 nitrogen and oxygen atoms in total. The number of carbonyl (C=O) groups excluding carboxylic acids is 2. The van der Waals surface area contributed by atoms with E-state index in [2.05, 4.69) is 26.1 Å². The molecule has 0 spiro atoms. The van der Waals surface area contributed by atoms with E-state index in [1.54, 1.807) is 19.1 Å². The summed E-state index contributed by atoms with van der Waals surface area (Å²) < 4.78 is 26.4. The van der Waals surface area contributed by atoms with Crippen LogP contribution in [0.5, 0.6) is 0 Å². The summed E-state index contributed by atoms with van der Waals surface area (Å²) in [6.45, 7) is 11.9. The molecular formula is C26H37N3O4S. The number of hydrogen-bond acceptors (Lipinski definition) is 4. The van der Waals surface area contributed by atoms with Crippen molar-refractivity contribution in [3.05, 3.63) is 65.2 Å². The van der Waals surface area contributed by atoms with Gasteiger partial charge in [-0.2, -0.15) is 0 Å². The van der Waals surface area contributed by atoms with Crippen LogP contribution >= 0.6 is 0 Å². The molecule has 0 saturated heterocycles. The second kappa shape index (κ2) is 11.0. The van der Waals surface area contributed by atoms with Crippen LogP contribution in [0.25, 0.3) is 0 Å². The summed E-state index contributed by atoms with van der Waals surface area (Å²) >= 11 is 0. The van der Waals surface area contributed by atoms with Gasteiger partial charge in [0.2, 0.25) is 21.8 Å². The van der Waals surface area contributed by atoms with Crippen molar-refractivity contribution in [3.63, 3.8) is 0 Å². The van der Waals surface area contributed by atoms with Crippen molar-refractivity contribution < 1.29 is 18.0 Å². The van der Waals surface area contributed by atoms with E-state index in [0.29, 0.717) is 12.2 Å². The number of nitrogens with zero attached hydrogens (tertiary/aromatic N) is 2. The number of likely N-dealkylation sites (N-methyl/N-ethyl adjacent to an activating group) is 1. The number of hydrogen-bond donors (Lipinski definition) is 1. The quantitative estimate of drug-likeness (QED) is 0.585. The lowest BCUT2D eigenvalue weighted by Gasteiger charge is -2.32. The molecule has 0 aliphatic heterocycles. The highest BCUT2D eigenvalue weighted by Gasteiger charge is 2.30. The third kappa shape index (κ3) is 7.06. The lowest BCUT2D eigenvalue weighted by atomic mass is 9.87. The van der Waals surface area contributed by atoms with Gasteiger partial charge in [-0.25, -0.2) is 8.42 Å². The minimum atomic E-state index is -3.75. The molecule has 0 aliphatic rings. The Balaban J connectivity index is 2.40. The average Bonchev–Trinajstić information content (AvgIpc) is 2.75. The summed E-state index contributed by atoms with van der Waals surface area (Å²) in [7, 11) is -3.75. The van der Waals surface area contributed by atoms with E-state index in [4.69, 9.17) is 0 Å². The zero-order valence-electron chi connectivity index (χ0n) is 21.3. The Labute approximate surface area is 204 Å². The number of benzene rings is 2. The minimum absolute atomic E-state index is 0.0866. The van der Waals surface area contributed by atoms with Gasteiger partial charge in [-0.1, -0.05) is 57.2 Å². The first-order valence-electron chi connectivity index (χ1n) is 11.5. The Bertz CT molecular complexity index is 1110. The van der Waals surface area contributed by atoms with Gasteiger partial charge in [0.05, 0.1) is 11.9 Å². The first kappa shape index (κ1) is 27.4. The molecule has 2 amide bonds. The summed E-state index contributed by atoms with van der Waals surface area (Å²) in [4.78, 5) is 27.6. The lowest BCUT2D eigenvalue weighted by Crippen LogP contribution is -2.51. The number of aryl methyl sites for hydroxylation is 1. The standard InChI is InChI=1S/C26H37N3O4S/c1-8-27-25(31)20(3)28(17-21-12-10-9-11-19(21)2)24(30)18-29(34(7,32)33)23-15-13-22(14-16-23)26(4,5)6/h9-16,20H,8,17-18H2,1-7H3,(H,27,31)/t20-/m0/s1. The number of anilines is 1. The number of sulfonamides is 1. The van der Waals surface area contributed by atoms with Crippen molar-refractivity contribution in [1.82, 2.24) is 10.2 Å². The van der Waals surface area contributed by atoms with Crippen molar-refractivity contribution in [2.24, 2.45) is 0 Å². The van der Waals surface area contributed by atoms with E-state index in [1.165, 1.54) is 4.90 Å². The lowest BCUT2D eigenvalue weighted by molar-refractivity contribution is -0.139. The summed E-state index contributed by atoms with van der Waals surface area (Å²) in [5, 5.41) is 2.75. The average molecular weight is 488 g/mol. The van der Waals surface area contributed by atoms with E-state index in [-0.39, 0.29) is 17.9 Å². The SMILES string of the molecule is CCNC(=O)[C@H](C)N(Cc1ccccc1C)C(=O)CN(c1ccc(C(C)(C)C)cc1)S(C)(=O)=O.